The first-order chi connectivity index (χ1) is 13.6. The van der Waals surface area contributed by atoms with Crippen molar-refractivity contribution in [2.75, 3.05) is 6.54 Å². The molecule has 0 aliphatic heterocycles. The normalized spacial score (nSPS) is 14.0. The summed E-state index contributed by atoms with van der Waals surface area (Å²) < 4.78 is 27.5. The largest absolute Gasteiger partial charge is 0.480 e. The van der Waals surface area contributed by atoms with Crippen molar-refractivity contribution in [2.24, 2.45) is 5.92 Å². The third kappa shape index (κ3) is 6.52. The molecule has 0 heterocycles. The van der Waals surface area contributed by atoms with E-state index in [-0.39, 0.29) is 30.2 Å². The van der Waals surface area contributed by atoms with E-state index in [2.05, 4.69) is 10.0 Å². The minimum absolute atomic E-state index is 0.0597. The number of carbonyl (C=O) groups is 2. The number of hydrogen-bond donors (Lipinski definition) is 4. The van der Waals surface area contributed by atoms with E-state index < -0.39 is 34.0 Å². The van der Waals surface area contributed by atoms with Crippen LogP contribution in [-0.4, -0.2) is 49.2 Å². The molecule has 0 radical (unpaired) electrons. The summed E-state index contributed by atoms with van der Waals surface area (Å²) in [4.78, 5) is 22.9. The number of rotatable bonds is 11. The average molecular weight is 423 g/mol. The topological polar surface area (TPSA) is 133 Å². The van der Waals surface area contributed by atoms with Gasteiger partial charge in [-0.1, -0.05) is 44.2 Å². The third-order valence-electron chi connectivity index (χ3n) is 4.46. The van der Waals surface area contributed by atoms with Crippen LogP contribution in [0.4, 0.5) is 0 Å². The lowest BCUT2D eigenvalue weighted by Crippen LogP contribution is -2.48. The molecular weight excluding hydrogens is 396 g/mol. The van der Waals surface area contributed by atoms with E-state index in [1.807, 2.05) is 32.0 Å². The molecular formula is C20H26N2O6S. The van der Waals surface area contributed by atoms with Crippen molar-refractivity contribution in [3.8, 4) is 0 Å². The summed E-state index contributed by atoms with van der Waals surface area (Å²) in [5.74, 6) is -2.31. The monoisotopic (exact) mass is 422 g/mol. The van der Waals surface area contributed by atoms with Gasteiger partial charge in [0, 0.05) is 6.54 Å². The van der Waals surface area contributed by atoms with Crippen LogP contribution in [0.25, 0.3) is 10.8 Å². The van der Waals surface area contributed by atoms with E-state index >= 15 is 0 Å². The van der Waals surface area contributed by atoms with Gasteiger partial charge in [-0.15, -0.1) is 0 Å². The summed E-state index contributed by atoms with van der Waals surface area (Å²) in [6.45, 7) is 3.53. The molecule has 0 bridgehead atoms. The van der Waals surface area contributed by atoms with Crippen LogP contribution in [-0.2, 0) is 19.6 Å². The van der Waals surface area contributed by atoms with Crippen molar-refractivity contribution in [3.05, 3.63) is 42.5 Å². The molecule has 0 aliphatic rings. The van der Waals surface area contributed by atoms with Crippen LogP contribution in [0.1, 0.15) is 26.7 Å². The highest BCUT2D eigenvalue weighted by Crippen LogP contribution is 2.18. The Morgan fingerprint density at radius 3 is 2.17 bits per heavy atom. The van der Waals surface area contributed by atoms with Gasteiger partial charge in [0.2, 0.25) is 10.0 Å². The van der Waals surface area contributed by atoms with Gasteiger partial charge in [-0.3, -0.25) is 14.9 Å². The van der Waals surface area contributed by atoms with Crippen LogP contribution in [0.3, 0.4) is 0 Å². The van der Waals surface area contributed by atoms with Gasteiger partial charge in [0.1, 0.15) is 12.1 Å². The van der Waals surface area contributed by atoms with Crippen molar-refractivity contribution in [1.82, 2.24) is 10.0 Å². The number of carboxylic acids is 2. The second kappa shape index (κ2) is 9.82. The predicted octanol–water partition coefficient (Wildman–Crippen LogP) is 2.05. The van der Waals surface area contributed by atoms with Crippen molar-refractivity contribution >= 4 is 32.7 Å². The zero-order chi connectivity index (χ0) is 21.6. The van der Waals surface area contributed by atoms with Crippen LogP contribution in [0.2, 0.25) is 0 Å². The molecule has 8 nitrogen and oxygen atoms in total. The fourth-order valence-electron chi connectivity index (χ4n) is 2.99. The van der Waals surface area contributed by atoms with Crippen molar-refractivity contribution in [3.63, 3.8) is 0 Å². The Kier molecular flexibility index (Phi) is 7.72. The van der Waals surface area contributed by atoms with Gasteiger partial charge in [0.05, 0.1) is 4.90 Å². The Labute approximate surface area is 170 Å². The van der Waals surface area contributed by atoms with Gasteiger partial charge in [0.25, 0.3) is 0 Å². The lowest BCUT2D eigenvalue weighted by atomic mass is 10.0. The van der Waals surface area contributed by atoms with Crippen LogP contribution in [0, 0.1) is 5.92 Å². The number of fused-ring (bicyclic) bond motifs is 1. The zero-order valence-electron chi connectivity index (χ0n) is 16.3. The van der Waals surface area contributed by atoms with E-state index in [1.54, 1.807) is 18.2 Å². The molecule has 0 aliphatic carbocycles. The van der Waals surface area contributed by atoms with Gasteiger partial charge >= 0.3 is 11.9 Å². The number of carboxylic acid groups (broad SMARTS) is 2. The number of sulfonamides is 1. The van der Waals surface area contributed by atoms with E-state index in [0.29, 0.717) is 0 Å². The molecule has 9 heteroatoms. The summed E-state index contributed by atoms with van der Waals surface area (Å²) in [5, 5.41) is 22.9. The van der Waals surface area contributed by atoms with Gasteiger partial charge in [-0.05, 0) is 41.7 Å². The fraction of sp³-hybridized carbons (Fsp3) is 0.400. The lowest BCUT2D eigenvalue weighted by Gasteiger charge is -2.21. The molecule has 29 heavy (non-hydrogen) atoms. The molecule has 0 fully saturated rings. The molecule has 2 atom stereocenters. The maximum atomic E-state index is 12.5. The SMILES string of the molecule is CC(C)C[C@H](N[C@@H](CCNS(=O)(=O)c1ccc2ccccc2c1)C(=O)O)C(=O)O. The predicted molar refractivity (Wildman–Crippen MR) is 109 cm³/mol. The van der Waals surface area contributed by atoms with Crippen LogP contribution >= 0.6 is 0 Å². The van der Waals surface area contributed by atoms with E-state index in [0.717, 1.165) is 10.8 Å². The standard InChI is InChI=1S/C20H26N2O6S/c1-13(2)11-18(20(25)26)22-17(19(23)24)9-10-21-29(27,28)16-8-7-14-5-3-4-6-15(14)12-16/h3-8,12-13,17-18,21-22H,9-11H2,1-2H3,(H,23,24)(H,25,26)/t17-,18-/m0/s1. The van der Waals surface area contributed by atoms with Gasteiger partial charge in [-0.25, -0.2) is 13.1 Å². The Bertz CT molecular complexity index is 974. The fourth-order valence-corrected chi connectivity index (χ4v) is 4.07. The molecule has 2 rings (SSSR count). The number of nitrogens with one attached hydrogen (secondary N) is 2. The molecule has 0 saturated heterocycles. The summed E-state index contributed by atoms with van der Waals surface area (Å²) >= 11 is 0. The van der Waals surface area contributed by atoms with E-state index in [1.165, 1.54) is 6.07 Å². The highest BCUT2D eigenvalue weighted by atomic mass is 32.2. The first-order valence-electron chi connectivity index (χ1n) is 9.30. The maximum Gasteiger partial charge on any atom is 0.320 e. The van der Waals surface area contributed by atoms with Gasteiger partial charge in [-0.2, -0.15) is 0 Å². The molecule has 0 unspecified atom stereocenters. The average Bonchev–Trinajstić information content (AvgIpc) is 2.65. The number of aliphatic carboxylic acids is 2. The summed E-state index contributed by atoms with van der Waals surface area (Å²) in [5.41, 5.74) is 0. The first kappa shape index (κ1) is 22.8. The Morgan fingerprint density at radius 1 is 0.966 bits per heavy atom. The van der Waals surface area contributed by atoms with E-state index in [9.17, 15) is 28.2 Å². The molecule has 0 amide bonds. The number of hydrogen-bond acceptors (Lipinski definition) is 5. The summed E-state index contributed by atoms with van der Waals surface area (Å²) in [6, 6.07) is 9.88. The Hall–Kier alpha value is -2.49. The minimum Gasteiger partial charge on any atom is -0.480 e. The minimum atomic E-state index is -3.82. The second-order valence-corrected chi connectivity index (χ2v) is 9.04. The third-order valence-corrected chi connectivity index (χ3v) is 5.92. The highest BCUT2D eigenvalue weighted by Gasteiger charge is 2.27. The van der Waals surface area contributed by atoms with E-state index in [4.69, 9.17) is 0 Å². The molecule has 158 valence electrons. The molecule has 0 saturated carbocycles. The Balaban J connectivity index is 2.03. The van der Waals surface area contributed by atoms with Crippen molar-refractivity contribution in [1.29, 1.82) is 0 Å². The summed E-state index contributed by atoms with van der Waals surface area (Å²) in [6.07, 6.45) is 0.173. The zero-order valence-corrected chi connectivity index (χ0v) is 17.1. The molecule has 2 aromatic rings. The molecule has 0 aromatic heterocycles. The molecule has 2 aromatic carbocycles. The van der Waals surface area contributed by atoms with Crippen LogP contribution in [0.15, 0.2) is 47.4 Å². The Morgan fingerprint density at radius 2 is 1.59 bits per heavy atom. The molecule has 0 spiro atoms. The lowest BCUT2D eigenvalue weighted by molar-refractivity contribution is -0.143. The first-order valence-corrected chi connectivity index (χ1v) is 10.8. The maximum absolute atomic E-state index is 12.5. The van der Waals surface area contributed by atoms with Crippen molar-refractivity contribution in [2.45, 2.75) is 43.7 Å². The quantitative estimate of drug-likeness (QED) is 0.435. The molecule has 4 N–H and O–H groups in total. The van der Waals surface area contributed by atoms with Crippen LogP contribution < -0.4 is 10.0 Å². The highest BCUT2D eigenvalue weighted by molar-refractivity contribution is 7.89. The van der Waals surface area contributed by atoms with Gasteiger partial charge in [0.15, 0.2) is 0 Å². The smallest absolute Gasteiger partial charge is 0.320 e. The van der Waals surface area contributed by atoms with Crippen LogP contribution in [0.5, 0.6) is 0 Å². The van der Waals surface area contributed by atoms with Gasteiger partial charge < -0.3 is 10.2 Å². The second-order valence-electron chi connectivity index (χ2n) is 7.27. The summed E-state index contributed by atoms with van der Waals surface area (Å²) in [7, 11) is -3.82. The van der Waals surface area contributed by atoms with Crippen molar-refractivity contribution < 1.29 is 28.2 Å². The number of benzene rings is 2.